The molecule has 0 atom stereocenters. The molecule has 13 heavy (non-hydrogen) atoms. The summed E-state index contributed by atoms with van der Waals surface area (Å²) < 4.78 is 0. The first-order chi connectivity index (χ1) is 6.40. The summed E-state index contributed by atoms with van der Waals surface area (Å²) in [6.45, 7) is 3.04. The van der Waals surface area contributed by atoms with Gasteiger partial charge in [0, 0.05) is 12.6 Å². The lowest BCUT2D eigenvalue weighted by molar-refractivity contribution is 0.635. The van der Waals surface area contributed by atoms with Crippen molar-refractivity contribution in [1.82, 2.24) is 10.9 Å². The Kier molecular flexibility index (Phi) is 2.64. The highest BCUT2D eigenvalue weighted by atomic mass is 15.4. The average Bonchev–Trinajstić information content (AvgIpc) is 2.99. The van der Waals surface area contributed by atoms with Gasteiger partial charge in [0.1, 0.15) is 5.84 Å². The van der Waals surface area contributed by atoms with E-state index in [1.165, 1.54) is 24.8 Å². The first-order valence-electron chi connectivity index (χ1n) is 5.11. The largest absolute Gasteiger partial charge is 0.306 e. The van der Waals surface area contributed by atoms with Crippen molar-refractivity contribution < 1.29 is 0 Å². The zero-order valence-electron chi connectivity index (χ0n) is 8.14. The topological polar surface area (TPSA) is 36.4 Å². The van der Waals surface area contributed by atoms with Crippen LogP contribution in [0.1, 0.15) is 32.6 Å². The van der Waals surface area contributed by atoms with Gasteiger partial charge in [0.15, 0.2) is 0 Å². The van der Waals surface area contributed by atoms with Crippen molar-refractivity contribution in [2.45, 2.75) is 38.6 Å². The summed E-state index contributed by atoms with van der Waals surface area (Å²) in [4.78, 5) is 4.46. The van der Waals surface area contributed by atoms with E-state index in [4.69, 9.17) is 0 Å². The first-order valence-corrected chi connectivity index (χ1v) is 5.11. The minimum Gasteiger partial charge on any atom is -0.306 e. The van der Waals surface area contributed by atoms with Crippen LogP contribution < -0.4 is 10.9 Å². The molecule has 3 heteroatoms. The van der Waals surface area contributed by atoms with Crippen LogP contribution in [-0.4, -0.2) is 18.4 Å². The van der Waals surface area contributed by atoms with Gasteiger partial charge in [-0.2, -0.15) is 0 Å². The van der Waals surface area contributed by atoms with E-state index >= 15 is 0 Å². The van der Waals surface area contributed by atoms with Gasteiger partial charge in [-0.05, 0) is 38.2 Å². The van der Waals surface area contributed by atoms with E-state index in [-0.39, 0.29) is 0 Å². The van der Waals surface area contributed by atoms with Crippen molar-refractivity contribution in [3.05, 3.63) is 11.6 Å². The highest BCUT2D eigenvalue weighted by molar-refractivity contribution is 5.98. The SMILES string of the molecule is C/C=C1/CCCN=C1NNC1CC1. The Hall–Kier alpha value is -0.830. The normalized spacial score (nSPS) is 25.9. The second kappa shape index (κ2) is 3.92. The molecule has 2 aliphatic rings. The Morgan fingerprint density at radius 2 is 2.31 bits per heavy atom. The number of hydrogen-bond acceptors (Lipinski definition) is 3. The van der Waals surface area contributed by atoms with Gasteiger partial charge in [-0.3, -0.25) is 4.99 Å². The third-order valence-electron chi connectivity index (χ3n) is 2.50. The van der Waals surface area contributed by atoms with Crippen LogP contribution in [0.3, 0.4) is 0 Å². The number of amidine groups is 1. The molecular weight excluding hydrogens is 162 g/mol. The fourth-order valence-electron chi connectivity index (χ4n) is 1.48. The molecule has 0 aromatic heterocycles. The molecular formula is C10H17N3. The number of rotatable bonds is 2. The molecule has 0 aromatic rings. The summed E-state index contributed by atoms with van der Waals surface area (Å²) >= 11 is 0. The maximum absolute atomic E-state index is 4.46. The number of nitrogens with one attached hydrogen (secondary N) is 2. The lowest BCUT2D eigenvalue weighted by Crippen LogP contribution is -2.40. The van der Waals surface area contributed by atoms with Gasteiger partial charge in [0.25, 0.3) is 0 Å². The summed E-state index contributed by atoms with van der Waals surface area (Å²) in [7, 11) is 0. The lowest BCUT2D eigenvalue weighted by Gasteiger charge is -2.17. The minimum absolute atomic E-state index is 0.683. The highest BCUT2D eigenvalue weighted by Crippen LogP contribution is 2.18. The van der Waals surface area contributed by atoms with Gasteiger partial charge >= 0.3 is 0 Å². The van der Waals surface area contributed by atoms with Crippen molar-refractivity contribution in [2.24, 2.45) is 4.99 Å². The third kappa shape index (κ3) is 2.31. The molecule has 0 saturated heterocycles. The monoisotopic (exact) mass is 179 g/mol. The van der Waals surface area contributed by atoms with E-state index < -0.39 is 0 Å². The van der Waals surface area contributed by atoms with Crippen LogP contribution in [0.2, 0.25) is 0 Å². The lowest BCUT2D eigenvalue weighted by atomic mass is 10.1. The molecule has 0 radical (unpaired) electrons. The summed E-state index contributed by atoms with van der Waals surface area (Å²) in [5, 5.41) is 0. The van der Waals surface area contributed by atoms with E-state index in [0.717, 1.165) is 18.8 Å². The Labute approximate surface area is 79.3 Å². The van der Waals surface area contributed by atoms with E-state index in [2.05, 4.69) is 28.8 Å². The average molecular weight is 179 g/mol. The van der Waals surface area contributed by atoms with Crippen molar-refractivity contribution in [1.29, 1.82) is 0 Å². The molecule has 1 aliphatic heterocycles. The Balaban J connectivity index is 1.89. The molecule has 72 valence electrons. The fraction of sp³-hybridized carbons (Fsp3) is 0.700. The summed E-state index contributed by atoms with van der Waals surface area (Å²) in [5.41, 5.74) is 7.83. The zero-order chi connectivity index (χ0) is 9.10. The smallest absolute Gasteiger partial charge is 0.138 e. The van der Waals surface area contributed by atoms with Crippen molar-refractivity contribution in [2.75, 3.05) is 6.54 Å². The number of allylic oxidation sites excluding steroid dienone is 1. The third-order valence-corrected chi connectivity index (χ3v) is 2.50. The predicted molar refractivity (Wildman–Crippen MR) is 54.6 cm³/mol. The van der Waals surface area contributed by atoms with Crippen LogP contribution >= 0.6 is 0 Å². The van der Waals surface area contributed by atoms with Gasteiger partial charge in [-0.15, -0.1) is 0 Å². The summed E-state index contributed by atoms with van der Waals surface area (Å²) in [5.74, 6) is 1.06. The van der Waals surface area contributed by atoms with Gasteiger partial charge in [-0.25, -0.2) is 5.43 Å². The quantitative estimate of drug-likeness (QED) is 0.628. The molecule has 0 unspecified atom stereocenters. The van der Waals surface area contributed by atoms with Gasteiger partial charge in [0.05, 0.1) is 0 Å². The van der Waals surface area contributed by atoms with Crippen LogP contribution in [-0.2, 0) is 0 Å². The van der Waals surface area contributed by atoms with E-state index in [9.17, 15) is 0 Å². The number of hydrogen-bond donors (Lipinski definition) is 2. The number of nitrogens with zero attached hydrogens (tertiary/aromatic N) is 1. The van der Waals surface area contributed by atoms with Crippen LogP contribution in [0.5, 0.6) is 0 Å². The number of aliphatic imine (C=N–C) groups is 1. The van der Waals surface area contributed by atoms with Gasteiger partial charge < -0.3 is 5.43 Å². The van der Waals surface area contributed by atoms with Crippen LogP contribution in [0, 0.1) is 0 Å². The standard InChI is InChI=1S/C10H17N3/c1-2-8-4-3-7-11-10(8)13-12-9-5-6-9/h2,9,12H,3-7H2,1H3,(H,11,13)/b8-2-. The molecule has 0 aromatic carbocycles. The molecule has 2 rings (SSSR count). The van der Waals surface area contributed by atoms with E-state index in [1.807, 2.05) is 0 Å². The van der Waals surface area contributed by atoms with Crippen LogP contribution in [0.15, 0.2) is 16.6 Å². The molecule has 0 amide bonds. The molecule has 1 fully saturated rings. The second-order valence-electron chi connectivity index (χ2n) is 3.69. The van der Waals surface area contributed by atoms with Gasteiger partial charge in [0.2, 0.25) is 0 Å². The molecule has 3 nitrogen and oxygen atoms in total. The number of hydrazine groups is 1. The molecule has 0 bridgehead atoms. The maximum Gasteiger partial charge on any atom is 0.138 e. The van der Waals surface area contributed by atoms with Crippen molar-refractivity contribution in [3.63, 3.8) is 0 Å². The first kappa shape index (κ1) is 8.75. The van der Waals surface area contributed by atoms with Crippen molar-refractivity contribution in [3.8, 4) is 0 Å². The highest BCUT2D eigenvalue weighted by Gasteiger charge is 2.21. The van der Waals surface area contributed by atoms with E-state index in [0.29, 0.717) is 6.04 Å². The second-order valence-corrected chi connectivity index (χ2v) is 3.69. The summed E-state index contributed by atoms with van der Waals surface area (Å²) in [6, 6.07) is 0.683. The Morgan fingerprint density at radius 1 is 1.46 bits per heavy atom. The molecule has 1 aliphatic carbocycles. The molecule has 1 heterocycles. The zero-order valence-corrected chi connectivity index (χ0v) is 8.14. The maximum atomic E-state index is 4.46. The Bertz CT molecular complexity index is 239. The predicted octanol–water partition coefficient (Wildman–Crippen LogP) is 1.38. The molecule has 2 N–H and O–H groups in total. The van der Waals surface area contributed by atoms with Gasteiger partial charge in [-0.1, -0.05) is 6.08 Å². The minimum atomic E-state index is 0.683. The van der Waals surface area contributed by atoms with E-state index in [1.54, 1.807) is 0 Å². The van der Waals surface area contributed by atoms with Crippen LogP contribution in [0.4, 0.5) is 0 Å². The Morgan fingerprint density at radius 3 is 3.00 bits per heavy atom. The van der Waals surface area contributed by atoms with Crippen LogP contribution in [0.25, 0.3) is 0 Å². The summed E-state index contributed by atoms with van der Waals surface area (Å²) in [6.07, 6.45) is 7.10. The molecule has 0 spiro atoms. The molecule has 1 saturated carbocycles. The fourth-order valence-corrected chi connectivity index (χ4v) is 1.48. The van der Waals surface area contributed by atoms with Crippen molar-refractivity contribution >= 4 is 5.84 Å².